The van der Waals surface area contributed by atoms with Gasteiger partial charge in [-0.25, -0.2) is 0 Å². The van der Waals surface area contributed by atoms with Crippen molar-refractivity contribution in [1.82, 2.24) is 4.90 Å². The number of amides is 1. The predicted molar refractivity (Wildman–Crippen MR) is 37.3 cm³/mol. The second kappa shape index (κ2) is 1.53. The number of nitrogens with two attached hydrogens (primary N) is 1. The molecule has 1 aliphatic heterocycles. The first-order chi connectivity index (χ1) is 4.62. The van der Waals surface area contributed by atoms with E-state index in [1.165, 1.54) is 0 Å². The van der Waals surface area contributed by atoms with Crippen LogP contribution in [0.2, 0.25) is 0 Å². The summed E-state index contributed by atoms with van der Waals surface area (Å²) in [4.78, 5) is 12.7. The Morgan fingerprint density at radius 2 is 2.50 bits per heavy atom. The van der Waals surface area contributed by atoms with Crippen molar-refractivity contribution in [2.24, 2.45) is 11.7 Å². The molecule has 1 saturated carbocycles. The Balaban J connectivity index is 2.04. The van der Waals surface area contributed by atoms with Crippen LogP contribution in [0.15, 0.2) is 0 Å². The molecule has 2 rings (SSSR count). The largest absolute Gasteiger partial charge is 0.341 e. The van der Waals surface area contributed by atoms with Crippen LogP contribution in [0, 0.1) is 5.92 Å². The maximum absolute atomic E-state index is 10.8. The van der Waals surface area contributed by atoms with Crippen LogP contribution in [0.4, 0.5) is 0 Å². The summed E-state index contributed by atoms with van der Waals surface area (Å²) in [5.74, 6) is 0.772. The third-order valence-electron chi connectivity index (χ3n) is 2.65. The lowest BCUT2D eigenvalue weighted by Gasteiger charge is -2.16. The van der Waals surface area contributed by atoms with Crippen molar-refractivity contribution < 1.29 is 4.79 Å². The molecule has 3 heteroatoms. The van der Waals surface area contributed by atoms with Crippen molar-refractivity contribution in [2.45, 2.75) is 18.9 Å². The van der Waals surface area contributed by atoms with Crippen molar-refractivity contribution in [2.75, 3.05) is 13.1 Å². The van der Waals surface area contributed by atoms with Gasteiger partial charge in [0.2, 0.25) is 5.91 Å². The summed E-state index contributed by atoms with van der Waals surface area (Å²) in [5.41, 5.74) is 5.91. The molecule has 3 nitrogen and oxygen atoms in total. The van der Waals surface area contributed by atoms with Crippen molar-refractivity contribution in [3.05, 3.63) is 0 Å². The lowest BCUT2D eigenvalue weighted by Crippen LogP contribution is -2.35. The fourth-order valence-electron chi connectivity index (χ4n) is 1.77. The molecule has 0 spiro atoms. The number of fused-ring (bicyclic) bond motifs is 1. The lowest BCUT2D eigenvalue weighted by atomic mass is 10.3. The summed E-state index contributed by atoms with van der Waals surface area (Å²) < 4.78 is 0. The molecular formula is C7H12N2O. The molecule has 1 heterocycles. The minimum Gasteiger partial charge on any atom is -0.341 e. The molecule has 1 saturated heterocycles. The van der Waals surface area contributed by atoms with Crippen molar-refractivity contribution >= 4 is 5.91 Å². The molecule has 2 aliphatic rings. The highest BCUT2D eigenvalue weighted by Gasteiger charge is 2.57. The van der Waals surface area contributed by atoms with Crippen molar-refractivity contribution in [1.29, 1.82) is 0 Å². The molecule has 1 aliphatic carbocycles. The van der Waals surface area contributed by atoms with E-state index in [-0.39, 0.29) is 11.4 Å². The topological polar surface area (TPSA) is 46.3 Å². The van der Waals surface area contributed by atoms with E-state index in [0.717, 1.165) is 19.5 Å². The Bertz CT molecular complexity index is 192. The van der Waals surface area contributed by atoms with E-state index >= 15 is 0 Å². The first-order valence-corrected chi connectivity index (χ1v) is 3.66. The third kappa shape index (κ3) is 0.669. The molecule has 0 aromatic carbocycles. The van der Waals surface area contributed by atoms with Crippen LogP contribution in [0.5, 0.6) is 0 Å². The fourth-order valence-corrected chi connectivity index (χ4v) is 1.77. The van der Waals surface area contributed by atoms with Crippen LogP contribution in [0.3, 0.4) is 0 Å². The smallest absolute Gasteiger partial charge is 0.219 e. The lowest BCUT2D eigenvalue weighted by molar-refractivity contribution is -0.128. The van der Waals surface area contributed by atoms with E-state index in [1.807, 2.05) is 4.90 Å². The molecule has 0 radical (unpaired) electrons. The molecule has 2 N–H and O–H groups in total. The van der Waals surface area contributed by atoms with Crippen LogP contribution >= 0.6 is 0 Å². The number of hydrogen-bond donors (Lipinski definition) is 1. The van der Waals surface area contributed by atoms with Crippen LogP contribution in [0.25, 0.3) is 0 Å². The van der Waals surface area contributed by atoms with Gasteiger partial charge in [0.1, 0.15) is 0 Å². The highest BCUT2D eigenvalue weighted by Crippen LogP contribution is 2.46. The van der Waals surface area contributed by atoms with E-state index in [0.29, 0.717) is 5.92 Å². The van der Waals surface area contributed by atoms with E-state index in [4.69, 9.17) is 5.73 Å². The Morgan fingerprint density at radius 3 is 2.80 bits per heavy atom. The number of likely N-dealkylation sites (tertiary alicyclic amines) is 1. The summed E-state index contributed by atoms with van der Waals surface area (Å²) in [6, 6.07) is 0. The number of hydrogen-bond acceptors (Lipinski definition) is 2. The zero-order chi connectivity index (χ0) is 7.35. The standard InChI is InChI=1S/C7H12N2O/c1-5(10)9-3-6-2-7(6,8)4-9/h6H,2-4,8H2,1H3/t6-,7-/m0/s1. The normalized spacial score (nSPS) is 43.4. The second-order valence-electron chi connectivity index (χ2n) is 3.53. The molecule has 56 valence electrons. The number of piperidine rings is 1. The molecule has 2 atom stereocenters. The summed E-state index contributed by atoms with van der Waals surface area (Å²) in [6.07, 6.45) is 1.12. The Kier molecular flexibility index (Phi) is 0.944. The van der Waals surface area contributed by atoms with Gasteiger partial charge in [-0.05, 0) is 12.3 Å². The highest BCUT2D eigenvalue weighted by molar-refractivity contribution is 5.74. The number of carbonyl (C=O) groups excluding carboxylic acids is 1. The molecule has 0 bridgehead atoms. The molecule has 0 aromatic heterocycles. The average Bonchev–Trinajstić information content (AvgIpc) is 2.32. The monoisotopic (exact) mass is 140 g/mol. The van der Waals surface area contributed by atoms with Gasteiger partial charge in [-0.15, -0.1) is 0 Å². The first kappa shape index (κ1) is 6.16. The van der Waals surface area contributed by atoms with Crippen molar-refractivity contribution in [3.8, 4) is 0 Å². The van der Waals surface area contributed by atoms with E-state index in [2.05, 4.69) is 0 Å². The number of carbonyl (C=O) groups is 1. The van der Waals surface area contributed by atoms with Crippen LogP contribution in [-0.4, -0.2) is 29.4 Å². The Morgan fingerprint density at radius 1 is 1.80 bits per heavy atom. The van der Waals surface area contributed by atoms with E-state index in [1.54, 1.807) is 6.92 Å². The van der Waals surface area contributed by atoms with Gasteiger partial charge in [0.05, 0.1) is 0 Å². The number of nitrogens with zero attached hydrogens (tertiary/aromatic N) is 1. The molecule has 0 aromatic rings. The minimum absolute atomic E-state index is 0.0195. The van der Waals surface area contributed by atoms with Gasteiger partial charge in [-0.3, -0.25) is 4.79 Å². The SMILES string of the molecule is CC(=O)N1C[C@@H]2C[C@]2(N)C1. The van der Waals surface area contributed by atoms with Gasteiger partial charge < -0.3 is 10.6 Å². The Labute approximate surface area is 60.2 Å². The molecule has 10 heavy (non-hydrogen) atoms. The molecule has 2 fully saturated rings. The van der Waals surface area contributed by atoms with Crippen molar-refractivity contribution in [3.63, 3.8) is 0 Å². The van der Waals surface area contributed by atoms with Crippen LogP contribution in [0.1, 0.15) is 13.3 Å². The maximum atomic E-state index is 10.8. The Hall–Kier alpha value is -0.570. The van der Waals surface area contributed by atoms with Gasteiger partial charge in [-0.1, -0.05) is 0 Å². The summed E-state index contributed by atoms with van der Waals surface area (Å²) in [7, 11) is 0. The van der Waals surface area contributed by atoms with Crippen LogP contribution < -0.4 is 5.73 Å². The summed E-state index contributed by atoms with van der Waals surface area (Å²) in [5, 5.41) is 0. The molecule has 1 amide bonds. The van der Waals surface area contributed by atoms with Gasteiger partial charge in [-0.2, -0.15) is 0 Å². The van der Waals surface area contributed by atoms with Gasteiger partial charge in [0, 0.05) is 25.6 Å². The molecular weight excluding hydrogens is 128 g/mol. The summed E-state index contributed by atoms with van der Waals surface area (Å²) in [6.45, 7) is 3.28. The van der Waals surface area contributed by atoms with E-state index < -0.39 is 0 Å². The highest BCUT2D eigenvalue weighted by atomic mass is 16.2. The summed E-state index contributed by atoms with van der Waals surface area (Å²) >= 11 is 0. The second-order valence-corrected chi connectivity index (χ2v) is 3.53. The zero-order valence-corrected chi connectivity index (χ0v) is 6.13. The average molecular weight is 140 g/mol. The van der Waals surface area contributed by atoms with Gasteiger partial charge >= 0.3 is 0 Å². The van der Waals surface area contributed by atoms with Gasteiger partial charge in [0.15, 0.2) is 0 Å². The van der Waals surface area contributed by atoms with Gasteiger partial charge in [0.25, 0.3) is 0 Å². The minimum atomic E-state index is 0.0195. The fraction of sp³-hybridized carbons (Fsp3) is 0.857. The molecule has 0 unspecified atom stereocenters. The maximum Gasteiger partial charge on any atom is 0.219 e. The quantitative estimate of drug-likeness (QED) is 0.496. The first-order valence-electron chi connectivity index (χ1n) is 3.66. The third-order valence-corrected chi connectivity index (χ3v) is 2.65. The number of rotatable bonds is 0. The zero-order valence-electron chi connectivity index (χ0n) is 6.13. The van der Waals surface area contributed by atoms with Crippen LogP contribution in [-0.2, 0) is 4.79 Å². The van der Waals surface area contributed by atoms with E-state index in [9.17, 15) is 4.79 Å². The predicted octanol–water partition coefficient (Wildman–Crippen LogP) is -0.434.